The topological polar surface area (TPSA) is 75.8 Å². The highest BCUT2D eigenvalue weighted by atomic mass is 16.5. The predicted octanol–water partition coefficient (Wildman–Crippen LogP) is 2.54. The monoisotopic (exact) mass is 368 g/mol. The molecule has 0 aliphatic carbocycles. The first-order valence-corrected chi connectivity index (χ1v) is 9.58. The van der Waals surface area contributed by atoms with Gasteiger partial charge in [0.05, 0.1) is 0 Å². The van der Waals surface area contributed by atoms with Crippen molar-refractivity contribution in [2.75, 3.05) is 26.2 Å². The molecule has 5 heteroatoms. The van der Waals surface area contributed by atoms with Gasteiger partial charge in [-0.3, -0.25) is 4.79 Å². The number of rotatable bonds is 8. The lowest BCUT2D eigenvalue weighted by Crippen LogP contribution is -2.39. The van der Waals surface area contributed by atoms with Crippen LogP contribution in [0.4, 0.5) is 0 Å². The number of nitrogens with zero attached hydrogens (tertiary/aromatic N) is 1. The molecule has 2 aromatic carbocycles. The van der Waals surface area contributed by atoms with E-state index in [1.54, 1.807) is 0 Å². The van der Waals surface area contributed by atoms with Gasteiger partial charge in [0, 0.05) is 12.5 Å². The highest BCUT2D eigenvalue weighted by Crippen LogP contribution is 2.19. The van der Waals surface area contributed by atoms with Gasteiger partial charge in [0.1, 0.15) is 18.5 Å². The maximum atomic E-state index is 11.2. The maximum absolute atomic E-state index is 11.2. The number of aliphatic hydroxyl groups is 1. The number of nitrogens with two attached hydrogens (primary N) is 1. The molecule has 1 aliphatic heterocycles. The molecule has 1 amide bonds. The Morgan fingerprint density at radius 1 is 1.11 bits per heavy atom. The Hall–Kier alpha value is -2.37. The van der Waals surface area contributed by atoms with Crippen molar-refractivity contribution in [3.8, 4) is 5.75 Å². The van der Waals surface area contributed by atoms with Crippen LogP contribution < -0.4 is 10.5 Å². The van der Waals surface area contributed by atoms with Crippen LogP contribution in [0.25, 0.3) is 0 Å². The molecular weight excluding hydrogens is 340 g/mol. The standard InChI is InChI=1S/C22H28N2O3/c23-22(26)19-11-14-24(15-12-19)13-10-17-6-8-20(9-7-17)27-16-21(25)18-4-2-1-3-5-18/h1-9,19,21,25H,10-16H2,(H2,23,26). The van der Waals surface area contributed by atoms with Crippen molar-refractivity contribution < 1.29 is 14.6 Å². The van der Waals surface area contributed by atoms with E-state index in [0.717, 1.165) is 50.2 Å². The lowest BCUT2D eigenvalue weighted by atomic mass is 9.96. The van der Waals surface area contributed by atoms with Crippen LogP contribution in [0.2, 0.25) is 0 Å². The fraction of sp³-hybridized carbons (Fsp3) is 0.409. The van der Waals surface area contributed by atoms with Crippen molar-refractivity contribution in [1.29, 1.82) is 0 Å². The molecule has 0 radical (unpaired) electrons. The van der Waals surface area contributed by atoms with Crippen LogP contribution in [0.5, 0.6) is 5.75 Å². The molecular formula is C22H28N2O3. The van der Waals surface area contributed by atoms with Crippen LogP contribution in [0, 0.1) is 5.92 Å². The highest BCUT2D eigenvalue weighted by molar-refractivity contribution is 5.76. The number of primary amides is 1. The number of benzene rings is 2. The maximum Gasteiger partial charge on any atom is 0.220 e. The number of amides is 1. The van der Waals surface area contributed by atoms with Crippen LogP contribution >= 0.6 is 0 Å². The lowest BCUT2D eigenvalue weighted by molar-refractivity contribution is -0.123. The zero-order valence-corrected chi connectivity index (χ0v) is 15.6. The molecule has 2 aromatic rings. The molecule has 0 bridgehead atoms. The summed E-state index contributed by atoms with van der Waals surface area (Å²) in [6.45, 7) is 3.09. The van der Waals surface area contributed by atoms with Gasteiger partial charge in [-0.15, -0.1) is 0 Å². The van der Waals surface area contributed by atoms with Crippen molar-refractivity contribution in [2.45, 2.75) is 25.4 Å². The van der Waals surface area contributed by atoms with Crippen LogP contribution in [0.15, 0.2) is 54.6 Å². The van der Waals surface area contributed by atoms with E-state index in [0.29, 0.717) is 0 Å². The molecule has 5 nitrogen and oxygen atoms in total. The van der Waals surface area contributed by atoms with Crippen molar-refractivity contribution in [3.63, 3.8) is 0 Å². The Balaban J connectivity index is 1.40. The zero-order chi connectivity index (χ0) is 19.1. The first-order chi connectivity index (χ1) is 13.1. The summed E-state index contributed by atoms with van der Waals surface area (Å²) in [5.41, 5.74) is 7.49. The first-order valence-electron chi connectivity index (χ1n) is 9.58. The van der Waals surface area contributed by atoms with Gasteiger partial charge in [0.15, 0.2) is 0 Å². The summed E-state index contributed by atoms with van der Waals surface area (Å²) >= 11 is 0. The van der Waals surface area contributed by atoms with E-state index in [2.05, 4.69) is 17.0 Å². The molecule has 1 saturated heterocycles. The van der Waals surface area contributed by atoms with Gasteiger partial charge in [-0.25, -0.2) is 0 Å². The first kappa shape index (κ1) is 19.4. The third-order valence-corrected chi connectivity index (χ3v) is 5.22. The Labute approximate surface area is 160 Å². The van der Waals surface area contributed by atoms with Gasteiger partial charge < -0.3 is 20.5 Å². The summed E-state index contributed by atoms with van der Waals surface area (Å²) in [6, 6.07) is 17.6. The van der Waals surface area contributed by atoms with E-state index in [1.165, 1.54) is 5.56 Å². The predicted molar refractivity (Wildman–Crippen MR) is 105 cm³/mol. The molecule has 27 heavy (non-hydrogen) atoms. The molecule has 1 aliphatic rings. The second-order valence-corrected chi connectivity index (χ2v) is 7.15. The third-order valence-electron chi connectivity index (χ3n) is 5.22. The minimum absolute atomic E-state index is 0.0453. The van der Waals surface area contributed by atoms with Gasteiger partial charge in [0.2, 0.25) is 5.91 Å². The number of likely N-dealkylation sites (tertiary alicyclic amines) is 1. The molecule has 144 valence electrons. The van der Waals surface area contributed by atoms with Crippen molar-refractivity contribution in [1.82, 2.24) is 4.90 Å². The molecule has 1 fully saturated rings. The smallest absolute Gasteiger partial charge is 0.220 e. The van der Waals surface area contributed by atoms with Gasteiger partial charge in [-0.2, -0.15) is 0 Å². The number of carbonyl (C=O) groups is 1. The summed E-state index contributed by atoms with van der Waals surface area (Å²) in [5.74, 6) is 0.641. The Kier molecular flexibility index (Phi) is 6.85. The van der Waals surface area contributed by atoms with Gasteiger partial charge in [-0.1, -0.05) is 42.5 Å². The molecule has 1 atom stereocenters. The van der Waals surface area contributed by atoms with Crippen molar-refractivity contribution >= 4 is 5.91 Å². The quantitative estimate of drug-likeness (QED) is 0.751. The van der Waals surface area contributed by atoms with Crippen molar-refractivity contribution in [2.24, 2.45) is 11.7 Å². The Morgan fingerprint density at radius 3 is 2.41 bits per heavy atom. The molecule has 1 unspecified atom stereocenters. The molecule has 0 spiro atoms. The van der Waals surface area contributed by atoms with Gasteiger partial charge >= 0.3 is 0 Å². The third kappa shape index (κ3) is 5.81. The Morgan fingerprint density at radius 2 is 1.78 bits per heavy atom. The fourth-order valence-electron chi connectivity index (χ4n) is 3.43. The van der Waals surface area contributed by atoms with Crippen LogP contribution in [0.3, 0.4) is 0 Å². The van der Waals surface area contributed by atoms with E-state index < -0.39 is 6.10 Å². The Bertz CT molecular complexity index is 710. The van der Waals surface area contributed by atoms with Gasteiger partial charge in [0.25, 0.3) is 0 Å². The number of carbonyl (C=O) groups excluding carboxylic acids is 1. The summed E-state index contributed by atoms with van der Waals surface area (Å²) < 4.78 is 5.70. The van der Waals surface area contributed by atoms with Crippen molar-refractivity contribution in [3.05, 3.63) is 65.7 Å². The van der Waals surface area contributed by atoms with E-state index in [1.807, 2.05) is 42.5 Å². The SMILES string of the molecule is NC(=O)C1CCN(CCc2ccc(OCC(O)c3ccccc3)cc2)CC1. The largest absolute Gasteiger partial charge is 0.491 e. The number of hydrogen-bond donors (Lipinski definition) is 2. The number of piperidine rings is 1. The number of ether oxygens (including phenoxy) is 1. The summed E-state index contributed by atoms with van der Waals surface area (Å²) in [5, 5.41) is 10.2. The average molecular weight is 368 g/mol. The molecule has 1 heterocycles. The van der Waals surface area contributed by atoms with Crippen LogP contribution in [-0.4, -0.2) is 42.2 Å². The van der Waals surface area contributed by atoms with Gasteiger partial charge in [-0.05, 0) is 55.6 Å². The second kappa shape index (κ2) is 9.53. The van der Waals surface area contributed by atoms with E-state index in [4.69, 9.17) is 10.5 Å². The minimum Gasteiger partial charge on any atom is -0.491 e. The fourth-order valence-corrected chi connectivity index (χ4v) is 3.43. The molecule has 3 rings (SSSR count). The number of hydrogen-bond acceptors (Lipinski definition) is 4. The number of aliphatic hydroxyl groups excluding tert-OH is 1. The second-order valence-electron chi connectivity index (χ2n) is 7.15. The molecule has 3 N–H and O–H groups in total. The summed E-state index contributed by atoms with van der Waals surface area (Å²) in [4.78, 5) is 13.6. The van der Waals surface area contributed by atoms with Crippen LogP contribution in [0.1, 0.15) is 30.1 Å². The summed E-state index contributed by atoms with van der Waals surface area (Å²) in [7, 11) is 0. The lowest BCUT2D eigenvalue weighted by Gasteiger charge is -2.30. The zero-order valence-electron chi connectivity index (χ0n) is 15.6. The van der Waals surface area contributed by atoms with E-state index >= 15 is 0 Å². The summed E-state index contributed by atoms with van der Waals surface area (Å²) in [6.07, 6.45) is 2.07. The normalized spacial score (nSPS) is 16.8. The molecule has 0 saturated carbocycles. The van der Waals surface area contributed by atoms with E-state index in [-0.39, 0.29) is 18.4 Å². The van der Waals surface area contributed by atoms with E-state index in [9.17, 15) is 9.90 Å². The highest BCUT2D eigenvalue weighted by Gasteiger charge is 2.22. The average Bonchev–Trinajstić information content (AvgIpc) is 2.72. The molecule has 0 aromatic heterocycles. The minimum atomic E-state index is -0.630. The van der Waals surface area contributed by atoms with Crippen LogP contribution in [-0.2, 0) is 11.2 Å².